The Kier molecular flexibility index (Phi) is 2.41. The standard InChI is InChI=1S/C7H5ClN8S/c1-15-7(12-13-14-15)17-5-2-4(8)11-6-9-3-10-16(5)6/h2-3H,1H3. The maximum Gasteiger partial charge on any atom is 0.254 e. The molecule has 0 spiro atoms. The first-order valence-electron chi connectivity index (χ1n) is 4.50. The first-order chi connectivity index (χ1) is 8.24. The highest BCUT2D eigenvalue weighted by molar-refractivity contribution is 7.99. The molecule has 0 bridgehead atoms. The van der Waals surface area contributed by atoms with E-state index < -0.39 is 0 Å². The van der Waals surface area contributed by atoms with Gasteiger partial charge in [-0.05, 0) is 22.2 Å². The Morgan fingerprint density at radius 2 is 2.29 bits per heavy atom. The molecule has 3 aromatic rings. The molecule has 0 atom stereocenters. The minimum Gasteiger partial charge on any atom is -0.223 e. The Morgan fingerprint density at radius 3 is 3.06 bits per heavy atom. The summed E-state index contributed by atoms with van der Waals surface area (Å²) in [5.74, 6) is 0.440. The summed E-state index contributed by atoms with van der Waals surface area (Å²) in [5.41, 5.74) is 0. The van der Waals surface area contributed by atoms with Crippen LogP contribution < -0.4 is 0 Å². The second-order valence-electron chi connectivity index (χ2n) is 3.08. The molecule has 0 fully saturated rings. The maximum absolute atomic E-state index is 5.90. The van der Waals surface area contributed by atoms with E-state index in [-0.39, 0.29) is 0 Å². The van der Waals surface area contributed by atoms with Gasteiger partial charge in [-0.2, -0.15) is 19.6 Å². The lowest BCUT2D eigenvalue weighted by Gasteiger charge is -2.02. The van der Waals surface area contributed by atoms with Gasteiger partial charge in [0.25, 0.3) is 5.78 Å². The number of fused-ring (bicyclic) bond motifs is 1. The maximum atomic E-state index is 5.90. The molecule has 3 aromatic heterocycles. The van der Waals surface area contributed by atoms with Crippen LogP contribution in [0.4, 0.5) is 0 Å². The van der Waals surface area contributed by atoms with Gasteiger partial charge in [0.1, 0.15) is 16.5 Å². The predicted molar refractivity (Wildman–Crippen MR) is 58.7 cm³/mol. The largest absolute Gasteiger partial charge is 0.254 e. The van der Waals surface area contributed by atoms with Gasteiger partial charge in [-0.3, -0.25) is 0 Å². The molecule has 0 saturated carbocycles. The van der Waals surface area contributed by atoms with Gasteiger partial charge in [0, 0.05) is 13.1 Å². The molecule has 86 valence electrons. The molecule has 0 aliphatic rings. The average Bonchev–Trinajstić information content (AvgIpc) is 2.88. The van der Waals surface area contributed by atoms with E-state index in [4.69, 9.17) is 11.6 Å². The van der Waals surface area contributed by atoms with Crippen molar-refractivity contribution in [3.63, 3.8) is 0 Å². The zero-order valence-corrected chi connectivity index (χ0v) is 10.1. The van der Waals surface area contributed by atoms with E-state index in [0.29, 0.717) is 16.1 Å². The summed E-state index contributed by atoms with van der Waals surface area (Å²) in [6.07, 6.45) is 1.41. The van der Waals surface area contributed by atoms with Crippen molar-refractivity contribution in [2.24, 2.45) is 7.05 Å². The molecule has 17 heavy (non-hydrogen) atoms. The van der Waals surface area contributed by atoms with Crippen molar-refractivity contribution in [3.8, 4) is 0 Å². The summed E-state index contributed by atoms with van der Waals surface area (Å²) in [6.45, 7) is 0. The number of aryl methyl sites for hydroxylation is 1. The van der Waals surface area contributed by atoms with E-state index in [1.54, 1.807) is 22.3 Å². The highest BCUT2D eigenvalue weighted by Gasteiger charge is 2.11. The van der Waals surface area contributed by atoms with Gasteiger partial charge in [-0.15, -0.1) is 5.10 Å². The topological polar surface area (TPSA) is 86.7 Å². The lowest BCUT2D eigenvalue weighted by atomic mass is 10.7. The molecule has 10 heteroatoms. The molecule has 0 aromatic carbocycles. The highest BCUT2D eigenvalue weighted by atomic mass is 35.5. The molecule has 0 N–H and O–H groups in total. The van der Waals surface area contributed by atoms with Crippen molar-refractivity contribution in [1.82, 2.24) is 39.8 Å². The Morgan fingerprint density at radius 1 is 1.41 bits per heavy atom. The summed E-state index contributed by atoms with van der Waals surface area (Å²) < 4.78 is 3.13. The zero-order chi connectivity index (χ0) is 11.8. The van der Waals surface area contributed by atoms with Gasteiger partial charge in [0.2, 0.25) is 5.16 Å². The summed E-state index contributed by atoms with van der Waals surface area (Å²) in [7, 11) is 1.75. The number of hydrogen-bond acceptors (Lipinski definition) is 7. The van der Waals surface area contributed by atoms with Gasteiger partial charge >= 0.3 is 0 Å². The van der Waals surface area contributed by atoms with Crippen LogP contribution in [0.1, 0.15) is 0 Å². The summed E-state index contributed by atoms with van der Waals surface area (Å²) in [4.78, 5) is 8.01. The van der Waals surface area contributed by atoms with Crippen LogP contribution in [0.15, 0.2) is 22.6 Å². The van der Waals surface area contributed by atoms with E-state index in [1.165, 1.54) is 18.1 Å². The first-order valence-corrected chi connectivity index (χ1v) is 5.70. The lowest BCUT2D eigenvalue weighted by Crippen LogP contribution is -1.98. The van der Waals surface area contributed by atoms with Crippen molar-refractivity contribution >= 4 is 29.1 Å². The molecule has 8 nitrogen and oxygen atoms in total. The molecular weight excluding hydrogens is 264 g/mol. The van der Waals surface area contributed by atoms with Crippen LogP contribution in [0.5, 0.6) is 0 Å². The smallest absolute Gasteiger partial charge is 0.223 e. The Bertz CT molecular complexity index is 675. The van der Waals surface area contributed by atoms with Crippen molar-refractivity contribution in [3.05, 3.63) is 17.5 Å². The molecule has 0 amide bonds. The van der Waals surface area contributed by atoms with Crippen molar-refractivity contribution in [2.75, 3.05) is 0 Å². The fourth-order valence-electron chi connectivity index (χ4n) is 1.23. The number of hydrogen-bond donors (Lipinski definition) is 0. The molecular formula is C7H5ClN8S. The second-order valence-corrected chi connectivity index (χ2v) is 4.45. The normalized spacial score (nSPS) is 11.2. The van der Waals surface area contributed by atoms with E-state index >= 15 is 0 Å². The van der Waals surface area contributed by atoms with Gasteiger partial charge in [-0.1, -0.05) is 11.6 Å². The fraction of sp³-hybridized carbons (Fsp3) is 0.143. The van der Waals surface area contributed by atoms with Crippen molar-refractivity contribution in [1.29, 1.82) is 0 Å². The van der Waals surface area contributed by atoms with Gasteiger partial charge in [-0.25, -0.2) is 4.68 Å². The van der Waals surface area contributed by atoms with Gasteiger partial charge in [0.05, 0.1) is 0 Å². The van der Waals surface area contributed by atoms with Crippen molar-refractivity contribution in [2.45, 2.75) is 10.2 Å². The minimum absolute atomic E-state index is 0.350. The van der Waals surface area contributed by atoms with Crippen LogP contribution in [-0.4, -0.2) is 39.8 Å². The highest BCUT2D eigenvalue weighted by Crippen LogP contribution is 2.26. The number of halogens is 1. The predicted octanol–water partition coefficient (Wildman–Crippen LogP) is 0.452. The van der Waals surface area contributed by atoms with Gasteiger partial charge < -0.3 is 0 Å². The SMILES string of the molecule is Cn1nnnc1Sc1cc(Cl)nc2ncnn12. The third kappa shape index (κ3) is 1.83. The van der Waals surface area contributed by atoms with E-state index in [1.807, 2.05) is 0 Å². The molecule has 0 saturated heterocycles. The summed E-state index contributed by atoms with van der Waals surface area (Å²) >= 11 is 7.23. The van der Waals surface area contributed by atoms with Crippen LogP contribution in [-0.2, 0) is 7.05 Å². The molecule has 0 aliphatic carbocycles. The number of nitrogens with zero attached hydrogens (tertiary/aromatic N) is 8. The Hall–Kier alpha value is -1.74. The zero-order valence-electron chi connectivity index (χ0n) is 8.52. The first kappa shape index (κ1) is 10.4. The van der Waals surface area contributed by atoms with Crippen LogP contribution in [0, 0.1) is 0 Å². The van der Waals surface area contributed by atoms with E-state index in [2.05, 4.69) is 30.6 Å². The average molecular weight is 269 g/mol. The molecule has 0 aliphatic heterocycles. The van der Waals surface area contributed by atoms with E-state index in [9.17, 15) is 0 Å². The third-order valence-corrected chi connectivity index (χ3v) is 3.19. The number of aromatic nitrogens is 8. The third-order valence-electron chi connectivity index (χ3n) is 1.97. The van der Waals surface area contributed by atoms with Crippen LogP contribution in [0.2, 0.25) is 5.15 Å². The molecule has 3 rings (SSSR count). The van der Waals surface area contributed by atoms with Crippen molar-refractivity contribution < 1.29 is 0 Å². The van der Waals surface area contributed by atoms with Crippen LogP contribution in [0.3, 0.4) is 0 Å². The van der Waals surface area contributed by atoms with E-state index in [0.717, 1.165) is 5.03 Å². The number of rotatable bonds is 2. The number of tetrazole rings is 1. The van der Waals surface area contributed by atoms with Gasteiger partial charge in [0.15, 0.2) is 0 Å². The van der Waals surface area contributed by atoms with Crippen LogP contribution in [0.25, 0.3) is 5.78 Å². The fourth-order valence-corrected chi connectivity index (χ4v) is 2.29. The molecule has 3 heterocycles. The summed E-state index contributed by atoms with van der Waals surface area (Å²) in [6, 6.07) is 1.68. The summed E-state index contributed by atoms with van der Waals surface area (Å²) in [5, 5.41) is 17.0. The quantitative estimate of drug-likeness (QED) is 0.624. The molecule has 0 radical (unpaired) electrons. The Balaban J connectivity index is 2.11. The van der Waals surface area contributed by atoms with Crippen LogP contribution >= 0.6 is 23.4 Å². The second kappa shape index (κ2) is 3.93. The Labute approximate surface area is 104 Å². The lowest BCUT2D eigenvalue weighted by molar-refractivity contribution is 0.663. The molecule has 0 unspecified atom stereocenters. The monoisotopic (exact) mass is 268 g/mol. The minimum atomic E-state index is 0.350.